The molecule has 3 heterocycles. The Balaban J connectivity index is 1.51. The number of aromatic nitrogens is 3. The van der Waals surface area contributed by atoms with E-state index in [2.05, 4.69) is 48.2 Å². The van der Waals surface area contributed by atoms with Crippen LogP contribution >= 0.6 is 0 Å². The number of nitrogens with zero attached hydrogens (tertiary/aromatic N) is 5. The molecular weight excluding hydrogens is 338 g/mol. The summed E-state index contributed by atoms with van der Waals surface area (Å²) in [7, 11) is 4.32. The summed E-state index contributed by atoms with van der Waals surface area (Å²) in [5, 5.41) is 4.74. The Morgan fingerprint density at radius 2 is 2.00 bits per heavy atom. The summed E-state index contributed by atoms with van der Waals surface area (Å²) in [6, 6.07) is 14.9. The van der Waals surface area contributed by atoms with Gasteiger partial charge in [0.2, 0.25) is 5.82 Å². The molecule has 142 valence electrons. The minimum absolute atomic E-state index is 0.621. The molecule has 1 saturated heterocycles. The Hall–Kier alpha value is -2.44. The Morgan fingerprint density at radius 3 is 2.70 bits per heavy atom. The van der Waals surface area contributed by atoms with Crippen molar-refractivity contribution in [2.45, 2.75) is 32.0 Å². The van der Waals surface area contributed by atoms with Crippen molar-refractivity contribution in [3.05, 3.63) is 60.1 Å². The Morgan fingerprint density at radius 1 is 1.15 bits per heavy atom. The molecule has 0 saturated carbocycles. The van der Waals surface area contributed by atoms with Gasteiger partial charge in [0.25, 0.3) is 0 Å². The first-order valence-corrected chi connectivity index (χ1v) is 9.59. The minimum atomic E-state index is 0.621. The average Bonchev–Trinajstić information content (AvgIpc) is 3.42. The van der Waals surface area contributed by atoms with Crippen molar-refractivity contribution in [2.24, 2.45) is 0 Å². The van der Waals surface area contributed by atoms with E-state index in [-0.39, 0.29) is 0 Å². The van der Waals surface area contributed by atoms with Crippen molar-refractivity contribution in [1.29, 1.82) is 0 Å². The SMILES string of the molecule is CN(C)C1CCN(Cc2nc(-c3ccco3)nn2CCc2ccccc2)C1. The van der Waals surface area contributed by atoms with Crippen LogP contribution in [0.1, 0.15) is 17.8 Å². The maximum absolute atomic E-state index is 5.51. The Kier molecular flexibility index (Phi) is 5.36. The summed E-state index contributed by atoms with van der Waals surface area (Å²) in [5.41, 5.74) is 1.31. The first kappa shape index (κ1) is 17.9. The summed E-state index contributed by atoms with van der Waals surface area (Å²) < 4.78 is 7.56. The van der Waals surface area contributed by atoms with Gasteiger partial charge in [-0.05, 0) is 44.6 Å². The summed E-state index contributed by atoms with van der Waals surface area (Å²) in [5.74, 6) is 2.41. The van der Waals surface area contributed by atoms with E-state index in [1.165, 1.54) is 12.0 Å². The molecule has 0 amide bonds. The van der Waals surface area contributed by atoms with Crippen LogP contribution in [0.2, 0.25) is 0 Å². The van der Waals surface area contributed by atoms with Crippen LogP contribution in [0.25, 0.3) is 11.6 Å². The third-order valence-electron chi connectivity index (χ3n) is 5.29. The predicted octanol–water partition coefficient (Wildman–Crippen LogP) is 2.92. The number of likely N-dealkylation sites (N-methyl/N-ethyl adjacent to an activating group) is 1. The van der Waals surface area contributed by atoms with Gasteiger partial charge in [-0.1, -0.05) is 30.3 Å². The monoisotopic (exact) mass is 365 g/mol. The van der Waals surface area contributed by atoms with E-state index in [0.717, 1.165) is 44.2 Å². The highest BCUT2D eigenvalue weighted by atomic mass is 16.3. The lowest BCUT2D eigenvalue weighted by molar-refractivity contribution is 0.258. The van der Waals surface area contributed by atoms with E-state index < -0.39 is 0 Å². The molecule has 2 aromatic heterocycles. The second kappa shape index (κ2) is 8.06. The second-order valence-electron chi connectivity index (χ2n) is 7.43. The van der Waals surface area contributed by atoms with E-state index >= 15 is 0 Å². The predicted molar refractivity (Wildman–Crippen MR) is 105 cm³/mol. The molecule has 1 unspecified atom stereocenters. The maximum Gasteiger partial charge on any atom is 0.217 e. The molecule has 1 aliphatic heterocycles. The minimum Gasteiger partial charge on any atom is -0.461 e. The Labute approximate surface area is 160 Å². The van der Waals surface area contributed by atoms with Crippen molar-refractivity contribution < 1.29 is 4.42 Å². The molecule has 0 spiro atoms. The summed E-state index contributed by atoms with van der Waals surface area (Å²) in [4.78, 5) is 9.59. The molecule has 6 nitrogen and oxygen atoms in total. The normalized spacial score (nSPS) is 17.8. The summed E-state index contributed by atoms with van der Waals surface area (Å²) in [6.07, 6.45) is 3.81. The number of furan rings is 1. The van der Waals surface area contributed by atoms with Crippen LogP contribution < -0.4 is 0 Å². The van der Waals surface area contributed by atoms with Gasteiger partial charge in [0, 0.05) is 25.7 Å². The van der Waals surface area contributed by atoms with E-state index in [1.54, 1.807) is 6.26 Å². The first-order chi connectivity index (χ1) is 13.2. The van der Waals surface area contributed by atoms with Gasteiger partial charge in [-0.3, -0.25) is 4.90 Å². The molecule has 6 heteroatoms. The number of hydrogen-bond donors (Lipinski definition) is 0. The molecule has 0 radical (unpaired) electrons. The van der Waals surface area contributed by atoms with Crippen LogP contribution in [0.5, 0.6) is 0 Å². The lowest BCUT2D eigenvalue weighted by Gasteiger charge is -2.20. The highest BCUT2D eigenvalue weighted by molar-refractivity contribution is 5.45. The number of rotatable bonds is 7. The fourth-order valence-electron chi connectivity index (χ4n) is 3.64. The van der Waals surface area contributed by atoms with Gasteiger partial charge in [0.1, 0.15) is 5.82 Å². The maximum atomic E-state index is 5.51. The van der Waals surface area contributed by atoms with E-state index in [4.69, 9.17) is 14.5 Å². The molecule has 0 aliphatic carbocycles. The van der Waals surface area contributed by atoms with Gasteiger partial charge in [-0.15, -0.1) is 5.10 Å². The van der Waals surface area contributed by atoms with Gasteiger partial charge in [-0.25, -0.2) is 9.67 Å². The van der Waals surface area contributed by atoms with Gasteiger partial charge >= 0.3 is 0 Å². The standard InChI is InChI=1S/C21H27N5O/c1-24(2)18-11-12-25(15-18)16-20-22-21(19-9-6-14-27-19)23-26(20)13-10-17-7-4-3-5-8-17/h3-9,14,18H,10-13,15-16H2,1-2H3. The van der Waals surface area contributed by atoms with Gasteiger partial charge in [-0.2, -0.15) is 0 Å². The van der Waals surface area contributed by atoms with Crippen molar-refractivity contribution in [3.8, 4) is 11.6 Å². The molecule has 1 aliphatic rings. The topological polar surface area (TPSA) is 50.3 Å². The highest BCUT2D eigenvalue weighted by Crippen LogP contribution is 2.20. The summed E-state index contributed by atoms with van der Waals surface area (Å²) >= 11 is 0. The van der Waals surface area contributed by atoms with Crippen molar-refractivity contribution >= 4 is 0 Å². The Bertz CT molecular complexity index is 841. The molecule has 1 atom stereocenters. The molecular formula is C21H27N5O. The number of likely N-dealkylation sites (tertiary alicyclic amines) is 1. The highest BCUT2D eigenvalue weighted by Gasteiger charge is 2.25. The third kappa shape index (κ3) is 4.28. The molecule has 27 heavy (non-hydrogen) atoms. The van der Waals surface area contributed by atoms with Crippen LogP contribution in [-0.4, -0.2) is 57.8 Å². The zero-order valence-corrected chi connectivity index (χ0v) is 16.1. The van der Waals surface area contributed by atoms with E-state index in [1.807, 2.05) is 22.9 Å². The lowest BCUT2D eigenvalue weighted by atomic mass is 10.1. The zero-order chi connectivity index (χ0) is 18.6. The fraction of sp³-hybridized carbons (Fsp3) is 0.429. The number of aryl methyl sites for hydroxylation is 2. The largest absolute Gasteiger partial charge is 0.461 e. The van der Waals surface area contributed by atoms with Crippen LogP contribution in [0.15, 0.2) is 53.1 Å². The van der Waals surface area contributed by atoms with Crippen LogP contribution in [0, 0.1) is 0 Å². The van der Waals surface area contributed by atoms with Crippen LogP contribution in [0.4, 0.5) is 0 Å². The summed E-state index contributed by atoms with van der Waals surface area (Å²) in [6.45, 7) is 3.82. The quantitative estimate of drug-likeness (QED) is 0.644. The fourth-order valence-corrected chi connectivity index (χ4v) is 3.64. The van der Waals surface area contributed by atoms with E-state index in [9.17, 15) is 0 Å². The van der Waals surface area contributed by atoms with Crippen LogP contribution in [-0.2, 0) is 19.5 Å². The number of hydrogen-bond acceptors (Lipinski definition) is 5. The number of benzene rings is 1. The van der Waals surface area contributed by atoms with E-state index in [0.29, 0.717) is 11.9 Å². The van der Waals surface area contributed by atoms with Crippen molar-refractivity contribution in [1.82, 2.24) is 24.6 Å². The van der Waals surface area contributed by atoms with Crippen LogP contribution in [0.3, 0.4) is 0 Å². The second-order valence-corrected chi connectivity index (χ2v) is 7.43. The third-order valence-corrected chi connectivity index (χ3v) is 5.29. The lowest BCUT2D eigenvalue weighted by Crippen LogP contribution is -2.31. The van der Waals surface area contributed by atoms with Gasteiger partial charge < -0.3 is 9.32 Å². The molecule has 1 aromatic carbocycles. The van der Waals surface area contributed by atoms with Crippen molar-refractivity contribution in [2.75, 3.05) is 27.2 Å². The van der Waals surface area contributed by atoms with Gasteiger partial charge in [0.15, 0.2) is 5.76 Å². The molecule has 3 aromatic rings. The molecule has 0 N–H and O–H groups in total. The van der Waals surface area contributed by atoms with Gasteiger partial charge in [0.05, 0.1) is 12.8 Å². The molecule has 0 bridgehead atoms. The molecule has 1 fully saturated rings. The first-order valence-electron chi connectivity index (χ1n) is 9.59. The van der Waals surface area contributed by atoms with Crippen molar-refractivity contribution in [3.63, 3.8) is 0 Å². The smallest absolute Gasteiger partial charge is 0.217 e. The zero-order valence-electron chi connectivity index (χ0n) is 16.1. The average molecular weight is 365 g/mol. The molecule has 4 rings (SSSR count).